The molecule has 1 aliphatic carbocycles. The van der Waals surface area contributed by atoms with Gasteiger partial charge in [-0.05, 0) is 68.9 Å². The van der Waals surface area contributed by atoms with Crippen molar-refractivity contribution in [3.63, 3.8) is 0 Å². The lowest BCUT2D eigenvalue weighted by atomic mass is 9.94. The number of aromatic nitrogens is 3. The van der Waals surface area contributed by atoms with E-state index in [4.69, 9.17) is 4.99 Å². The van der Waals surface area contributed by atoms with Gasteiger partial charge in [0.1, 0.15) is 28.9 Å². The molecule has 1 saturated heterocycles. The van der Waals surface area contributed by atoms with Crippen molar-refractivity contribution in [2.45, 2.75) is 77.9 Å². The van der Waals surface area contributed by atoms with Crippen molar-refractivity contribution in [3.8, 4) is 6.07 Å². The van der Waals surface area contributed by atoms with Crippen LogP contribution >= 0.6 is 0 Å². The van der Waals surface area contributed by atoms with Gasteiger partial charge < -0.3 is 9.80 Å². The van der Waals surface area contributed by atoms with Crippen molar-refractivity contribution >= 4 is 22.7 Å². The summed E-state index contributed by atoms with van der Waals surface area (Å²) < 4.78 is 15.7. The average molecular weight is 613 g/mol. The van der Waals surface area contributed by atoms with Gasteiger partial charge in [0, 0.05) is 57.9 Å². The molecule has 1 aromatic carbocycles. The van der Waals surface area contributed by atoms with Gasteiger partial charge in [0.05, 0.1) is 11.6 Å². The van der Waals surface area contributed by atoms with Crippen LogP contribution in [0.15, 0.2) is 57.5 Å². The zero-order valence-electron chi connectivity index (χ0n) is 27.6. The number of anilines is 1. The number of pyridine rings is 1. The van der Waals surface area contributed by atoms with Crippen LogP contribution in [-0.2, 0) is 7.05 Å². The van der Waals surface area contributed by atoms with E-state index in [1.807, 2.05) is 26.2 Å². The van der Waals surface area contributed by atoms with Crippen LogP contribution in [0.4, 0.5) is 10.2 Å². The molecule has 45 heavy (non-hydrogen) atoms. The Morgan fingerprint density at radius 1 is 1.07 bits per heavy atom. The topological polar surface area (TPSA) is 93.6 Å². The Bertz CT molecular complexity index is 1700. The Kier molecular flexibility index (Phi) is 9.68. The van der Waals surface area contributed by atoms with Crippen LogP contribution in [0, 0.1) is 23.1 Å². The van der Waals surface area contributed by atoms with E-state index in [0.29, 0.717) is 35.9 Å². The first-order chi connectivity index (χ1) is 21.6. The minimum Gasteiger partial charge on any atom is -0.365 e. The first-order valence-electron chi connectivity index (χ1n) is 16.1. The van der Waals surface area contributed by atoms with Crippen molar-refractivity contribution in [1.29, 1.82) is 5.26 Å². The summed E-state index contributed by atoms with van der Waals surface area (Å²) in [5.74, 6) is 1.68. The van der Waals surface area contributed by atoms with Gasteiger partial charge in [-0.25, -0.2) is 19.2 Å². The van der Waals surface area contributed by atoms with Gasteiger partial charge in [-0.15, -0.1) is 0 Å². The molecule has 0 bridgehead atoms. The Morgan fingerprint density at radius 3 is 2.33 bits per heavy atom. The molecule has 5 rings (SSSR count). The third kappa shape index (κ3) is 6.50. The molecule has 9 nitrogen and oxygen atoms in total. The van der Waals surface area contributed by atoms with Gasteiger partial charge in [-0.3, -0.25) is 9.47 Å². The highest BCUT2D eigenvalue weighted by Crippen LogP contribution is 2.41. The van der Waals surface area contributed by atoms with Gasteiger partial charge in [-0.2, -0.15) is 10.2 Å². The van der Waals surface area contributed by atoms with E-state index in [9.17, 15) is 14.4 Å². The van der Waals surface area contributed by atoms with Crippen molar-refractivity contribution < 1.29 is 4.39 Å². The van der Waals surface area contributed by atoms with Crippen LogP contribution in [0.25, 0.3) is 11.0 Å². The van der Waals surface area contributed by atoms with Crippen LogP contribution < -0.4 is 10.6 Å². The minimum absolute atomic E-state index is 0.00494. The summed E-state index contributed by atoms with van der Waals surface area (Å²) in [5.41, 5.74) is 4.61. The molecule has 1 saturated carbocycles. The molecule has 0 spiro atoms. The maximum atomic E-state index is 14.2. The number of fused-ring (bicyclic) bond motifs is 1. The fourth-order valence-corrected chi connectivity index (χ4v) is 6.47. The molecule has 2 unspecified atom stereocenters. The summed E-state index contributed by atoms with van der Waals surface area (Å²) in [6.45, 7) is 9.98. The molecule has 2 aliphatic rings. The number of benzene rings is 1. The molecule has 238 valence electrons. The van der Waals surface area contributed by atoms with Crippen LogP contribution in [0.3, 0.4) is 0 Å². The predicted molar refractivity (Wildman–Crippen MR) is 178 cm³/mol. The SMILES string of the molecule is CC/C(C)=C(\N=C(\C(c1ccc(F)cc1)N1CC(CC)N(c2nc(=O)n(C)c3ccc(C#N)nc23)C[C@H]1CC)N(C)C)C1CC1. The van der Waals surface area contributed by atoms with E-state index in [-0.39, 0.29) is 35.3 Å². The molecule has 0 amide bonds. The van der Waals surface area contributed by atoms with E-state index in [1.165, 1.54) is 28.0 Å². The van der Waals surface area contributed by atoms with Gasteiger partial charge in [0.2, 0.25) is 0 Å². The van der Waals surface area contributed by atoms with E-state index in [0.717, 1.165) is 43.5 Å². The first kappa shape index (κ1) is 32.3. The fraction of sp³-hybridized carbons (Fsp3) is 0.514. The van der Waals surface area contributed by atoms with Crippen LogP contribution in [0.5, 0.6) is 0 Å². The second-order valence-electron chi connectivity index (χ2n) is 12.5. The molecule has 0 N–H and O–H groups in total. The molecule has 3 heterocycles. The van der Waals surface area contributed by atoms with Gasteiger partial charge >= 0.3 is 5.69 Å². The summed E-state index contributed by atoms with van der Waals surface area (Å²) in [6.07, 6.45) is 4.90. The number of aliphatic imine (C=N–C) groups is 1. The number of hydrogen-bond donors (Lipinski definition) is 0. The van der Waals surface area contributed by atoms with Gasteiger partial charge in [0.15, 0.2) is 5.82 Å². The number of aryl methyl sites for hydroxylation is 1. The van der Waals surface area contributed by atoms with Crippen LogP contribution in [0.1, 0.15) is 77.1 Å². The highest BCUT2D eigenvalue weighted by atomic mass is 19.1. The van der Waals surface area contributed by atoms with E-state index in [1.54, 1.807) is 19.2 Å². The van der Waals surface area contributed by atoms with Crippen molar-refractivity contribution in [2.75, 3.05) is 32.1 Å². The average Bonchev–Trinajstić information content (AvgIpc) is 3.89. The number of nitriles is 1. The lowest BCUT2D eigenvalue weighted by molar-refractivity contribution is 0.117. The number of hydrogen-bond acceptors (Lipinski definition) is 7. The number of halogens is 1. The molecule has 0 radical (unpaired) electrons. The molecule has 3 atom stereocenters. The highest BCUT2D eigenvalue weighted by Gasteiger charge is 2.41. The number of allylic oxidation sites excluding steroid dienone is 2. The standard InChI is InChI=1S/C35H45FN8O/c1-8-22(4)30(23-11-12-23)39-34(41(5)6)32(24-13-15-25(36)16-14-24)43-20-28(10-3)44(21-27(43)9-2)33-31-29(42(7)35(45)40-33)18-17-26(19-37)38-31/h13-18,23,27-28,32H,8-12,20-21H2,1-7H3/b30-22-,39-34-/t27-,28?,32?/m1/s1. The fourth-order valence-electron chi connectivity index (χ4n) is 6.47. The molecule has 1 aliphatic heterocycles. The minimum atomic E-state index is -0.355. The molecular formula is C35H45FN8O. The molecule has 10 heteroatoms. The maximum absolute atomic E-state index is 14.2. The van der Waals surface area contributed by atoms with Gasteiger partial charge in [-0.1, -0.05) is 38.5 Å². The number of nitrogens with zero attached hydrogens (tertiary/aromatic N) is 8. The summed E-state index contributed by atoms with van der Waals surface area (Å²) in [6, 6.07) is 12.2. The monoisotopic (exact) mass is 612 g/mol. The normalized spacial score (nSPS) is 20.6. The molecule has 2 aromatic heterocycles. The number of likely N-dealkylation sites (N-methyl/N-ethyl adjacent to an activating group) is 1. The first-order valence-corrected chi connectivity index (χ1v) is 16.1. The smallest absolute Gasteiger partial charge is 0.349 e. The zero-order chi connectivity index (χ0) is 32.4. The van der Waals surface area contributed by atoms with Crippen molar-refractivity contribution in [2.24, 2.45) is 18.0 Å². The maximum Gasteiger partial charge on any atom is 0.349 e. The van der Waals surface area contributed by atoms with E-state index < -0.39 is 0 Å². The van der Waals surface area contributed by atoms with E-state index >= 15 is 0 Å². The largest absolute Gasteiger partial charge is 0.365 e. The second-order valence-corrected chi connectivity index (χ2v) is 12.5. The number of rotatable bonds is 9. The summed E-state index contributed by atoms with van der Waals surface area (Å²) in [7, 11) is 5.77. The Balaban J connectivity index is 1.64. The van der Waals surface area contributed by atoms with Crippen molar-refractivity contribution in [3.05, 3.63) is 75.2 Å². The molecule has 3 aromatic rings. The summed E-state index contributed by atoms with van der Waals surface area (Å²) in [5, 5.41) is 9.61. The summed E-state index contributed by atoms with van der Waals surface area (Å²) >= 11 is 0. The van der Waals surface area contributed by atoms with Crippen LogP contribution in [0.2, 0.25) is 0 Å². The number of amidine groups is 1. The Morgan fingerprint density at radius 2 is 1.76 bits per heavy atom. The molecule has 2 fully saturated rings. The second kappa shape index (κ2) is 13.5. The highest BCUT2D eigenvalue weighted by molar-refractivity contribution is 5.90. The zero-order valence-corrected chi connectivity index (χ0v) is 27.6. The van der Waals surface area contributed by atoms with Crippen LogP contribution in [-0.4, -0.2) is 69.4 Å². The van der Waals surface area contributed by atoms with E-state index in [2.05, 4.69) is 58.4 Å². The third-order valence-electron chi connectivity index (χ3n) is 9.39. The Labute approximate surface area is 265 Å². The quantitative estimate of drug-likeness (QED) is 0.222. The lowest BCUT2D eigenvalue weighted by Crippen LogP contribution is -2.61. The molecular weight excluding hydrogens is 567 g/mol. The van der Waals surface area contributed by atoms with Gasteiger partial charge in [0.25, 0.3) is 0 Å². The number of piperazine rings is 1. The Hall–Kier alpha value is -4.10. The lowest BCUT2D eigenvalue weighted by Gasteiger charge is -2.50. The third-order valence-corrected chi connectivity index (χ3v) is 9.39. The van der Waals surface area contributed by atoms with Crippen molar-refractivity contribution in [1.82, 2.24) is 24.3 Å². The summed E-state index contributed by atoms with van der Waals surface area (Å²) in [4.78, 5) is 34.5. The predicted octanol–water partition coefficient (Wildman–Crippen LogP) is 5.81.